The predicted molar refractivity (Wildman–Crippen MR) is 119 cm³/mol. The summed E-state index contributed by atoms with van der Waals surface area (Å²) >= 11 is 3.13. The van der Waals surface area contributed by atoms with E-state index < -0.39 is 5.97 Å². The van der Waals surface area contributed by atoms with Gasteiger partial charge < -0.3 is 9.47 Å². The molecule has 8 heteroatoms. The fraction of sp³-hybridized carbons (Fsp3) is 0.217. The number of esters is 2. The maximum Gasteiger partial charge on any atom is 0.340 e. The molecule has 0 radical (unpaired) electrons. The lowest BCUT2D eigenvalue weighted by Crippen LogP contribution is -2.07. The monoisotopic (exact) mass is 490 g/mol. The molecule has 164 valence electrons. The molecule has 3 rings (SSSR count). The van der Waals surface area contributed by atoms with E-state index in [9.17, 15) is 14.0 Å². The van der Waals surface area contributed by atoms with Crippen molar-refractivity contribution < 1.29 is 23.5 Å². The topological polar surface area (TPSA) is 78.4 Å². The van der Waals surface area contributed by atoms with Crippen LogP contribution in [-0.4, -0.2) is 36.1 Å². The van der Waals surface area contributed by atoms with Gasteiger partial charge in [0, 0.05) is 18.8 Å². The molecule has 0 amide bonds. The van der Waals surface area contributed by atoms with Gasteiger partial charge in [-0.25, -0.2) is 19.0 Å². The molecule has 0 atom stereocenters. The first-order valence-electron chi connectivity index (χ1n) is 9.41. The quantitative estimate of drug-likeness (QED) is 0.366. The molecule has 0 bridgehead atoms. The zero-order valence-corrected chi connectivity index (χ0v) is 19.3. The van der Waals surface area contributed by atoms with Crippen LogP contribution in [-0.2, 0) is 15.9 Å². The number of pyridine rings is 2. The largest absolute Gasteiger partial charge is 0.465 e. The molecule has 3 aromatic rings. The second-order valence-electron chi connectivity index (χ2n) is 5.63. The number of benzene rings is 1. The van der Waals surface area contributed by atoms with Crippen molar-refractivity contribution in [2.45, 2.75) is 20.3 Å². The van der Waals surface area contributed by atoms with E-state index in [4.69, 9.17) is 0 Å². The lowest BCUT2D eigenvalue weighted by atomic mass is 10.1. The van der Waals surface area contributed by atoms with Gasteiger partial charge in [-0.1, -0.05) is 26.0 Å². The van der Waals surface area contributed by atoms with Gasteiger partial charge in [0.05, 0.1) is 31.0 Å². The summed E-state index contributed by atoms with van der Waals surface area (Å²) in [6, 6.07) is 12.9. The molecule has 0 aliphatic heterocycles. The van der Waals surface area contributed by atoms with Gasteiger partial charge in [0.1, 0.15) is 10.4 Å². The third kappa shape index (κ3) is 8.25. The molecule has 2 heterocycles. The van der Waals surface area contributed by atoms with E-state index in [1.54, 1.807) is 48.8 Å². The molecule has 6 nitrogen and oxygen atoms in total. The van der Waals surface area contributed by atoms with Gasteiger partial charge >= 0.3 is 11.9 Å². The Bertz CT molecular complexity index is 999. The Hall–Kier alpha value is -3.13. The van der Waals surface area contributed by atoms with E-state index in [0.29, 0.717) is 27.8 Å². The van der Waals surface area contributed by atoms with Crippen molar-refractivity contribution in [3.05, 3.63) is 93.7 Å². The number of methoxy groups -OCH3 is 2. The summed E-state index contributed by atoms with van der Waals surface area (Å²) in [7, 11) is 2.66. The number of hydrogen-bond donors (Lipinski definition) is 0. The fourth-order valence-corrected chi connectivity index (χ4v) is 2.78. The summed E-state index contributed by atoms with van der Waals surface area (Å²) in [5.41, 5.74) is 2.19. The number of carbonyl (C=O) groups excluding carboxylic acids is 2. The van der Waals surface area contributed by atoms with Crippen molar-refractivity contribution in [1.29, 1.82) is 0 Å². The minimum Gasteiger partial charge on any atom is -0.465 e. The molecule has 0 aliphatic carbocycles. The third-order valence-corrected chi connectivity index (χ3v) is 4.35. The summed E-state index contributed by atoms with van der Waals surface area (Å²) in [6.45, 7) is 4.00. The molecule has 0 saturated carbocycles. The number of nitrogens with zero attached hydrogens (tertiary/aromatic N) is 2. The van der Waals surface area contributed by atoms with Crippen LogP contribution in [0.25, 0.3) is 0 Å². The maximum atomic E-state index is 13.1. The highest BCUT2D eigenvalue weighted by atomic mass is 79.9. The highest BCUT2D eigenvalue weighted by Gasteiger charge is 2.12. The number of aromatic nitrogens is 2. The van der Waals surface area contributed by atoms with Crippen LogP contribution in [0.15, 0.2) is 65.5 Å². The van der Waals surface area contributed by atoms with Gasteiger partial charge in [0.15, 0.2) is 0 Å². The fourth-order valence-electron chi connectivity index (χ4n) is 2.36. The Morgan fingerprint density at radius 1 is 0.903 bits per heavy atom. The number of rotatable bonds is 4. The van der Waals surface area contributed by atoms with Crippen molar-refractivity contribution in [2.24, 2.45) is 0 Å². The van der Waals surface area contributed by atoms with Crippen LogP contribution in [0.2, 0.25) is 0 Å². The first kappa shape index (κ1) is 25.9. The van der Waals surface area contributed by atoms with Crippen molar-refractivity contribution in [3.63, 3.8) is 0 Å². The normalized spacial score (nSPS) is 9.35. The van der Waals surface area contributed by atoms with Crippen LogP contribution in [0.4, 0.5) is 4.39 Å². The average molecular weight is 491 g/mol. The summed E-state index contributed by atoms with van der Waals surface area (Å²) in [5, 5.41) is 0. The molecule has 0 aliphatic rings. The lowest BCUT2D eigenvalue weighted by molar-refractivity contribution is 0.0590. The summed E-state index contributed by atoms with van der Waals surface area (Å²) in [4.78, 5) is 30.5. The van der Waals surface area contributed by atoms with E-state index in [0.717, 1.165) is 5.56 Å². The van der Waals surface area contributed by atoms with Crippen LogP contribution < -0.4 is 0 Å². The van der Waals surface area contributed by atoms with Gasteiger partial charge in [0.25, 0.3) is 0 Å². The lowest BCUT2D eigenvalue weighted by Gasteiger charge is -2.06. The van der Waals surface area contributed by atoms with Gasteiger partial charge in [-0.2, -0.15) is 0 Å². The predicted octanol–water partition coefficient (Wildman–Crippen LogP) is 5.26. The van der Waals surface area contributed by atoms with E-state index in [-0.39, 0.29) is 11.8 Å². The summed E-state index contributed by atoms with van der Waals surface area (Å²) in [6.07, 6.45) is 3.58. The second kappa shape index (κ2) is 14.0. The Labute approximate surface area is 189 Å². The Morgan fingerprint density at radius 2 is 1.48 bits per heavy atom. The molecule has 0 saturated heterocycles. The van der Waals surface area contributed by atoms with Crippen LogP contribution in [0, 0.1) is 5.82 Å². The molecular formula is C23H24BrFN2O4. The van der Waals surface area contributed by atoms with Crippen molar-refractivity contribution in [2.75, 3.05) is 14.2 Å². The van der Waals surface area contributed by atoms with E-state index in [2.05, 4.69) is 35.4 Å². The highest BCUT2D eigenvalue weighted by Crippen LogP contribution is 2.14. The molecule has 31 heavy (non-hydrogen) atoms. The molecule has 1 aromatic carbocycles. The second-order valence-corrected chi connectivity index (χ2v) is 6.38. The molecular weight excluding hydrogens is 467 g/mol. The first-order valence-corrected chi connectivity index (χ1v) is 10.2. The third-order valence-electron chi connectivity index (χ3n) is 3.72. The van der Waals surface area contributed by atoms with Gasteiger partial charge in [-0.3, -0.25) is 4.98 Å². The first-order chi connectivity index (χ1) is 15.0. The van der Waals surface area contributed by atoms with Gasteiger partial charge in [0.2, 0.25) is 0 Å². The van der Waals surface area contributed by atoms with Crippen molar-refractivity contribution in [1.82, 2.24) is 9.97 Å². The minimum atomic E-state index is -0.436. The Balaban J connectivity index is 0.000000317. The summed E-state index contributed by atoms with van der Waals surface area (Å²) in [5.74, 6) is -1.12. The minimum absolute atomic E-state index is 0.303. The summed E-state index contributed by atoms with van der Waals surface area (Å²) < 4.78 is 22.8. The zero-order chi connectivity index (χ0) is 23.2. The molecule has 0 unspecified atom stereocenters. The smallest absolute Gasteiger partial charge is 0.340 e. The van der Waals surface area contributed by atoms with Crippen LogP contribution >= 0.6 is 15.9 Å². The van der Waals surface area contributed by atoms with Crippen molar-refractivity contribution in [3.8, 4) is 0 Å². The van der Waals surface area contributed by atoms with Crippen LogP contribution in [0.5, 0.6) is 0 Å². The number of hydrogen-bond acceptors (Lipinski definition) is 6. The molecule has 0 N–H and O–H groups in total. The van der Waals surface area contributed by atoms with Gasteiger partial charge in [-0.05, 0) is 57.9 Å². The molecule has 0 fully saturated rings. The Morgan fingerprint density at radius 3 is 2.06 bits per heavy atom. The van der Waals surface area contributed by atoms with E-state index in [1.165, 1.54) is 26.4 Å². The molecule has 2 aromatic heterocycles. The SMILES string of the molecule is CC.COC(=O)c1cccnc1Br.COC(=O)c1cccnc1Cc1cccc(F)c1. The van der Waals surface area contributed by atoms with E-state index in [1.807, 2.05) is 13.8 Å². The average Bonchev–Trinajstić information content (AvgIpc) is 2.80. The maximum absolute atomic E-state index is 13.1. The Kier molecular flexibility index (Phi) is 11.7. The number of halogens is 2. The standard InChI is InChI=1S/C14H12FNO2.C7H6BrNO2.C2H6/c1-18-14(17)12-6-3-7-16-13(12)9-10-4-2-5-11(15)8-10;1-11-7(10)5-3-2-4-9-6(5)8;1-2/h2-8H,9H2,1H3;2-4H,1H3;1-2H3. The molecule has 0 spiro atoms. The highest BCUT2D eigenvalue weighted by molar-refractivity contribution is 9.10. The zero-order valence-electron chi connectivity index (χ0n) is 17.8. The van der Waals surface area contributed by atoms with Crippen LogP contribution in [0.3, 0.4) is 0 Å². The number of carbonyl (C=O) groups is 2. The van der Waals surface area contributed by atoms with Crippen molar-refractivity contribution >= 4 is 27.9 Å². The van der Waals surface area contributed by atoms with Gasteiger partial charge in [-0.15, -0.1) is 0 Å². The van der Waals surface area contributed by atoms with E-state index >= 15 is 0 Å². The number of ether oxygens (including phenoxy) is 2. The van der Waals surface area contributed by atoms with Crippen LogP contribution in [0.1, 0.15) is 45.8 Å².